The van der Waals surface area contributed by atoms with Crippen molar-refractivity contribution in [1.29, 1.82) is 0 Å². The van der Waals surface area contributed by atoms with Crippen molar-refractivity contribution in [2.45, 2.75) is 39.0 Å². The van der Waals surface area contributed by atoms with E-state index in [1.807, 2.05) is 6.92 Å². The Morgan fingerprint density at radius 3 is 2.94 bits per heavy atom. The number of aromatic amines is 1. The number of nitrogens with zero attached hydrogens (tertiary/aromatic N) is 1. The number of hydrogen-bond acceptors (Lipinski definition) is 2. The van der Waals surface area contributed by atoms with Gasteiger partial charge in [0, 0.05) is 11.1 Å². The van der Waals surface area contributed by atoms with Crippen LogP contribution in [0.3, 0.4) is 0 Å². The van der Waals surface area contributed by atoms with E-state index in [9.17, 15) is 9.90 Å². The number of carbonyl (C=O) groups is 1. The summed E-state index contributed by atoms with van der Waals surface area (Å²) in [4.78, 5) is 18.7. The van der Waals surface area contributed by atoms with Gasteiger partial charge >= 0.3 is 5.97 Å². The molecule has 2 heterocycles. The van der Waals surface area contributed by atoms with Crippen LogP contribution in [0.2, 0.25) is 0 Å². The average Bonchev–Trinajstić information content (AvgIpc) is 2.75. The van der Waals surface area contributed by atoms with E-state index in [1.54, 1.807) is 6.20 Å². The van der Waals surface area contributed by atoms with Gasteiger partial charge in [-0.25, -0.2) is 9.78 Å². The van der Waals surface area contributed by atoms with Gasteiger partial charge in [-0.15, -0.1) is 0 Å². The lowest BCUT2D eigenvalue weighted by molar-refractivity contribution is 0.0689. The van der Waals surface area contributed by atoms with Crippen LogP contribution in [0, 0.1) is 0 Å². The first-order valence-corrected chi connectivity index (χ1v) is 6.47. The zero-order valence-corrected chi connectivity index (χ0v) is 10.4. The average molecular weight is 244 g/mol. The molecule has 4 nitrogen and oxygen atoms in total. The Kier molecular flexibility index (Phi) is 2.58. The predicted octanol–water partition coefficient (Wildman–Crippen LogP) is 2.70. The molecule has 1 aliphatic rings. The highest BCUT2D eigenvalue weighted by Crippen LogP contribution is 2.32. The second-order valence-electron chi connectivity index (χ2n) is 4.82. The van der Waals surface area contributed by atoms with Gasteiger partial charge in [-0.2, -0.15) is 0 Å². The zero-order valence-electron chi connectivity index (χ0n) is 10.4. The molecule has 0 saturated heterocycles. The summed E-state index contributed by atoms with van der Waals surface area (Å²) in [6.45, 7) is 1.99. The number of carboxylic acid groups (broad SMARTS) is 1. The van der Waals surface area contributed by atoms with Gasteiger partial charge in [-0.1, -0.05) is 6.92 Å². The standard InChI is InChI=1S/C14H16N2O2/c1-2-8-12-9-5-3-4-6-10(9)16-11(12)7-15-13(8)14(17)18/h7,16H,2-6H2,1H3,(H,17,18). The lowest BCUT2D eigenvalue weighted by Crippen LogP contribution is -2.06. The number of aryl methyl sites for hydroxylation is 3. The number of rotatable bonds is 2. The fourth-order valence-electron chi connectivity index (χ4n) is 3.00. The predicted molar refractivity (Wildman–Crippen MR) is 69.1 cm³/mol. The summed E-state index contributed by atoms with van der Waals surface area (Å²) in [5.74, 6) is -0.931. The monoisotopic (exact) mass is 244 g/mol. The summed E-state index contributed by atoms with van der Waals surface area (Å²) in [6.07, 6.45) is 6.88. The summed E-state index contributed by atoms with van der Waals surface area (Å²) in [5.41, 5.74) is 4.66. The van der Waals surface area contributed by atoms with Gasteiger partial charge < -0.3 is 10.1 Å². The number of pyridine rings is 1. The Balaban J connectivity index is 2.35. The van der Waals surface area contributed by atoms with E-state index < -0.39 is 5.97 Å². The summed E-state index contributed by atoms with van der Waals surface area (Å²) >= 11 is 0. The number of fused-ring (bicyclic) bond motifs is 3. The van der Waals surface area contributed by atoms with Gasteiger partial charge in [0.1, 0.15) is 0 Å². The SMILES string of the molecule is CCc1c(C(=O)O)ncc2[nH]c3c(c12)CCCC3. The first-order chi connectivity index (χ1) is 8.72. The molecule has 2 N–H and O–H groups in total. The molecule has 4 heteroatoms. The third-order valence-corrected chi connectivity index (χ3v) is 3.79. The molecule has 0 aromatic carbocycles. The Labute approximate surface area is 105 Å². The van der Waals surface area contributed by atoms with E-state index in [0.29, 0.717) is 6.42 Å². The van der Waals surface area contributed by atoms with Crippen LogP contribution in [0.15, 0.2) is 6.20 Å². The fourth-order valence-corrected chi connectivity index (χ4v) is 3.00. The van der Waals surface area contributed by atoms with E-state index in [4.69, 9.17) is 0 Å². The van der Waals surface area contributed by atoms with Gasteiger partial charge in [0.05, 0.1) is 11.7 Å². The minimum Gasteiger partial charge on any atom is -0.477 e. The van der Waals surface area contributed by atoms with Gasteiger partial charge in [0.2, 0.25) is 0 Å². The van der Waals surface area contributed by atoms with Crippen molar-refractivity contribution in [3.63, 3.8) is 0 Å². The molecule has 2 aromatic heterocycles. The maximum atomic E-state index is 11.2. The van der Waals surface area contributed by atoms with Crippen LogP contribution in [0.25, 0.3) is 10.9 Å². The number of nitrogens with one attached hydrogen (secondary N) is 1. The Bertz CT molecular complexity index is 628. The van der Waals surface area contributed by atoms with Crippen LogP contribution in [0.1, 0.15) is 47.1 Å². The third kappa shape index (κ3) is 1.52. The zero-order chi connectivity index (χ0) is 12.7. The van der Waals surface area contributed by atoms with Crippen molar-refractivity contribution in [2.75, 3.05) is 0 Å². The lowest BCUT2D eigenvalue weighted by Gasteiger charge is -2.12. The number of carboxylic acids is 1. The second-order valence-corrected chi connectivity index (χ2v) is 4.82. The first-order valence-electron chi connectivity index (χ1n) is 6.47. The van der Waals surface area contributed by atoms with Crippen LogP contribution >= 0.6 is 0 Å². The quantitative estimate of drug-likeness (QED) is 0.853. The smallest absolute Gasteiger partial charge is 0.354 e. The van der Waals surface area contributed by atoms with Crippen molar-refractivity contribution in [2.24, 2.45) is 0 Å². The molecule has 0 atom stereocenters. The van der Waals surface area contributed by atoms with Crippen LogP contribution in [-0.2, 0) is 19.3 Å². The van der Waals surface area contributed by atoms with Crippen molar-refractivity contribution >= 4 is 16.9 Å². The Hall–Kier alpha value is -1.84. The molecule has 2 aromatic rings. The molecular weight excluding hydrogens is 228 g/mol. The molecule has 94 valence electrons. The molecule has 0 unspecified atom stereocenters. The van der Waals surface area contributed by atoms with Crippen molar-refractivity contribution in [3.8, 4) is 0 Å². The molecule has 0 radical (unpaired) electrons. The van der Waals surface area contributed by atoms with Crippen molar-refractivity contribution < 1.29 is 9.90 Å². The van der Waals surface area contributed by atoms with Gasteiger partial charge in [-0.3, -0.25) is 0 Å². The molecule has 0 amide bonds. The highest BCUT2D eigenvalue weighted by molar-refractivity contribution is 5.96. The van der Waals surface area contributed by atoms with E-state index >= 15 is 0 Å². The molecule has 0 aliphatic heterocycles. The highest BCUT2D eigenvalue weighted by Gasteiger charge is 2.21. The number of H-pyrrole nitrogens is 1. The third-order valence-electron chi connectivity index (χ3n) is 3.79. The normalized spacial score (nSPS) is 14.7. The summed E-state index contributed by atoms with van der Waals surface area (Å²) in [5, 5.41) is 10.3. The molecule has 0 fully saturated rings. The van der Waals surface area contributed by atoms with Crippen molar-refractivity contribution in [1.82, 2.24) is 9.97 Å². The second kappa shape index (κ2) is 4.12. The Morgan fingerprint density at radius 2 is 2.22 bits per heavy atom. The maximum absolute atomic E-state index is 11.2. The summed E-state index contributed by atoms with van der Waals surface area (Å²) in [6, 6.07) is 0. The molecule has 1 aliphatic carbocycles. The molecule has 0 bridgehead atoms. The molecule has 3 rings (SSSR count). The van der Waals surface area contributed by atoms with Gasteiger partial charge in [-0.05, 0) is 43.2 Å². The van der Waals surface area contributed by atoms with Crippen LogP contribution < -0.4 is 0 Å². The summed E-state index contributed by atoms with van der Waals surface area (Å²) < 4.78 is 0. The molecule has 0 spiro atoms. The first kappa shape index (κ1) is 11.3. The fraction of sp³-hybridized carbons (Fsp3) is 0.429. The minimum atomic E-state index is -0.931. The molecule has 0 saturated carbocycles. The van der Waals surface area contributed by atoms with E-state index in [-0.39, 0.29) is 5.69 Å². The van der Waals surface area contributed by atoms with Crippen LogP contribution in [0.4, 0.5) is 0 Å². The maximum Gasteiger partial charge on any atom is 0.354 e. The topological polar surface area (TPSA) is 66.0 Å². The Morgan fingerprint density at radius 1 is 1.44 bits per heavy atom. The van der Waals surface area contributed by atoms with Crippen molar-refractivity contribution in [3.05, 3.63) is 28.7 Å². The number of aromatic carboxylic acids is 1. The lowest BCUT2D eigenvalue weighted by atomic mass is 9.93. The van der Waals surface area contributed by atoms with E-state index in [1.165, 1.54) is 24.1 Å². The minimum absolute atomic E-state index is 0.206. The van der Waals surface area contributed by atoms with E-state index in [0.717, 1.165) is 29.3 Å². The molecular formula is C14H16N2O2. The van der Waals surface area contributed by atoms with Crippen LogP contribution in [0.5, 0.6) is 0 Å². The number of aromatic nitrogens is 2. The highest BCUT2D eigenvalue weighted by atomic mass is 16.4. The van der Waals surface area contributed by atoms with Gasteiger partial charge in [0.15, 0.2) is 5.69 Å². The largest absolute Gasteiger partial charge is 0.477 e. The molecule has 18 heavy (non-hydrogen) atoms. The summed E-state index contributed by atoms with van der Waals surface area (Å²) in [7, 11) is 0. The van der Waals surface area contributed by atoms with Gasteiger partial charge in [0.25, 0.3) is 0 Å². The van der Waals surface area contributed by atoms with E-state index in [2.05, 4.69) is 9.97 Å². The van der Waals surface area contributed by atoms with Crippen LogP contribution in [-0.4, -0.2) is 21.0 Å². The number of hydrogen-bond donors (Lipinski definition) is 2.